The van der Waals surface area contributed by atoms with Gasteiger partial charge < -0.3 is 15.0 Å². The summed E-state index contributed by atoms with van der Waals surface area (Å²) in [5.41, 5.74) is 2.37. The highest BCUT2D eigenvalue weighted by Gasteiger charge is 2.30. The Morgan fingerprint density at radius 2 is 1.89 bits per heavy atom. The van der Waals surface area contributed by atoms with E-state index in [1.165, 1.54) is 25.4 Å². The third-order valence-corrected chi connectivity index (χ3v) is 3.98. The van der Waals surface area contributed by atoms with E-state index in [1.807, 2.05) is 19.9 Å². The Morgan fingerprint density at radius 1 is 1.18 bits per heavy atom. The Balaban J connectivity index is 2.06. The van der Waals surface area contributed by atoms with E-state index in [4.69, 9.17) is 0 Å². The zero-order valence-corrected chi connectivity index (χ0v) is 15.6. The number of amides is 2. The lowest BCUT2D eigenvalue weighted by atomic mass is 10.1. The van der Waals surface area contributed by atoms with Crippen molar-refractivity contribution in [2.45, 2.75) is 20.0 Å². The highest BCUT2D eigenvalue weighted by atomic mass is 19.4. The lowest BCUT2D eigenvalue weighted by molar-refractivity contribution is -0.154. The fraction of sp³-hybridized carbons (Fsp3) is 0.316. The minimum atomic E-state index is -4.56. The number of rotatable bonds is 6. The number of aryl methyl sites for hydroxylation is 1. The van der Waals surface area contributed by atoms with E-state index in [1.54, 1.807) is 12.1 Å². The second kappa shape index (κ2) is 8.73. The Kier molecular flexibility index (Phi) is 6.61. The van der Waals surface area contributed by atoms with E-state index in [0.717, 1.165) is 16.0 Å². The molecular formula is C19H20F3N3O3. The summed E-state index contributed by atoms with van der Waals surface area (Å²) in [6.45, 7) is 1.91. The molecule has 9 heteroatoms. The van der Waals surface area contributed by atoms with Crippen LogP contribution >= 0.6 is 0 Å². The molecule has 2 amide bonds. The summed E-state index contributed by atoms with van der Waals surface area (Å²) in [7, 11) is 1.37. The average Bonchev–Trinajstić information content (AvgIpc) is 2.62. The molecule has 0 aliphatic rings. The van der Waals surface area contributed by atoms with Crippen LogP contribution in [0.2, 0.25) is 0 Å². The van der Waals surface area contributed by atoms with Crippen LogP contribution in [0, 0.1) is 13.8 Å². The van der Waals surface area contributed by atoms with Gasteiger partial charge in [-0.05, 0) is 43.2 Å². The molecule has 0 aliphatic carbocycles. The summed E-state index contributed by atoms with van der Waals surface area (Å²) < 4.78 is 41.7. The number of aromatic nitrogens is 1. The monoisotopic (exact) mass is 395 g/mol. The van der Waals surface area contributed by atoms with Gasteiger partial charge >= 0.3 is 6.18 Å². The number of anilines is 1. The Labute approximate surface area is 160 Å². The van der Waals surface area contributed by atoms with Gasteiger partial charge in [0, 0.05) is 18.9 Å². The van der Waals surface area contributed by atoms with Crippen LogP contribution in [-0.4, -0.2) is 48.1 Å². The number of pyridine rings is 1. The second-order valence-corrected chi connectivity index (χ2v) is 6.22. The van der Waals surface area contributed by atoms with Gasteiger partial charge in [0.15, 0.2) is 6.61 Å². The van der Waals surface area contributed by atoms with Crippen molar-refractivity contribution in [2.75, 3.05) is 25.5 Å². The molecule has 1 aromatic carbocycles. The molecule has 0 fully saturated rings. The van der Waals surface area contributed by atoms with Gasteiger partial charge in [0.1, 0.15) is 5.56 Å². The molecule has 0 radical (unpaired) electrons. The topological polar surface area (TPSA) is 71.5 Å². The first-order valence-corrected chi connectivity index (χ1v) is 8.34. The van der Waals surface area contributed by atoms with Crippen molar-refractivity contribution < 1.29 is 27.5 Å². The summed E-state index contributed by atoms with van der Waals surface area (Å²) in [5.74, 6) is -1.56. The van der Waals surface area contributed by atoms with Crippen molar-refractivity contribution in [1.29, 1.82) is 0 Å². The summed E-state index contributed by atoms with van der Waals surface area (Å²) in [6.07, 6.45) is -3.34. The summed E-state index contributed by atoms with van der Waals surface area (Å²) in [5, 5.41) is 2.72. The van der Waals surface area contributed by atoms with E-state index in [2.05, 4.69) is 15.0 Å². The van der Waals surface area contributed by atoms with Crippen LogP contribution in [0.4, 0.5) is 18.9 Å². The minimum Gasteiger partial charge on any atom is -0.467 e. The molecule has 2 rings (SSSR count). The zero-order valence-electron chi connectivity index (χ0n) is 15.6. The number of alkyl halides is 3. The average molecular weight is 395 g/mol. The Hall–Kier alpha value is -3.10. The van der Waals surface area contributed by atoms with Gasteiger partial charge in [0.05, 0.1) is 6.54 Å². The van der Waals surface area contributed by atoms with Crippen molar-refractivity contribution in [2.24, 2.45) is 0 Å². The molecule has 0 atom stereocenters. The van der Waals surface area contributed by atoms with Gasteiger partial charge in [-0.25, -0.2) is 4.98 Å². The molecular weight excluding hydrogens is 375 g/mol. The normalized spacial score (nSPS) is 11.1. The lowest BCUT2D eigenvalue weighted by Crippen LogP contribution is -2.35. The van der Waals surface area contributed by atoms with Crippen LogP contribution in [0.1, 0.15) is 21.5 Å². The number of benzene rings is 1. The predicted octanol–water partition coefficient (Wildman–Crippen LogP) is 3.35. The van der Waals surface area contributed by atoms with Crippen LogP contribution < -0.4 is 10.1 Å². The lowest BCUT2D eigenvalue weighted by Gasteiger charge is -2.19. The van der Waals surface area contributed by atoms with E-state index in [-0.39, 0.29) is 12.1 Å². The fourth-order valence-corrected chi connectivity index (χ4v) is 2.39. The van der Waals surface area contributed by atoms with Gasteiger partial charge in [-0.15, -0.1) is 0 Å². The van der Waals surface area contributed by atoms with Crippen LogP contribution in [-0.2, 0) is 4.79 Å². The van der Waals surface area contributed by atoms with E-state index in [0.29, 0.717) is 5.69 Å². The van der Waals surface area contributed by atoms with Crippen LogP contribution in [0.5, 0.6) is 5.88 Å². The van der Waals surface area contributed by atoms with Crippen LogP contribution in [0.3, 0.4) is 0 Å². The third-order valence-electron chi connectivity index (χ3n) is 3.98. The Bertz CT molecular complexity index is 869. The number of carbonyl (C=O) groups excluding carboxylic acids is 2. The molecule has 2 aromatic rings. The molecule has 0 bridgehead atoms. The maximum Gasteiger partial charge on any atom is 0.422 e. The van der Waals surface area contributed by atoms with Gasteiger partial charge in [0.2, 0.25) is 11.8 Å². The molecule has 1 aromatic heterocycles. The van der Waals surface area contributed by atoms with E-state index >= 15 is 0 Å². The maximum absolute atomic E-state index is 12.5. The largest absolute Gasteiger partial charge is 0.467 e. The van der Waals surface area contributed by atoms with Crippen molar-refractivity contribution in [3.8, 4) is 5.88 Å². The molecule has 0 saturated heterocycles. The molecule has 0 spiro atoms. The minimum absolute atomic E-state index is 0.159. The summed E-state index contributed by atoms with van der Waals surface area (Å²) >= 11 is 0. The molecule has 28 heavy (non-hydrogen) atoms. The van der Waals surface area contributed by atoms with E-state index in [9.17, 15) is 22.8 Å². The smallest absolute Gasteiger partial charge is 0.422 e. The molecule has 0 aliphatic heterocycles. The number of halogens is 3. The number of hydrogen-bond acceptors (Lipinski definition) is 4. The maximum atomic E-state index is 12.5. The molecule has 1 heterocycles. The number of nitrogens with zero attached hydrogens (tertiary/aromatic N) is 2. The SMILES string of the molecule is Cc1cccc(NC(=O)CN(C)C(=O)c2cccnc2OCC(F)(F)F)c1C. The molecule has 6 nitrogen and oxygen atoms in total. The highest BCUT2D eigenvalue weighted by Crippen LogP contribution is 2.21. The molecule has 1 N–H and O–H groups in total. The number of nitrogens with one attached hydrogen (secondary N) is 1. The Morgan fingerprint density at radius 3 is 2.57 bits per heavy atom. The number of carbonyl (C=O) groups is 2. The second-order valence-electron chi connectivity index (χ2n) is 6.22. The fourth-order valence-electron chi connectivity index (χ4n) is 2.39. The first-order valence-electron chi connectivity index (χ1n) is 8.34. The molecule has 150 valence electrons. The van der Waals surface area contributed by atoms with Gasteiger partial charge in [-0.3, -0.25) is 9.59 Å². The highest BCUT2D eigenvalue weighted by molar-refractivity contribution is 6.00. The van der Waals surface area contributed by atoms with E-state index < -0.39 is 30.5 Å². The third kappa shape index (κ3) is 5.70. The van der Waals surface area contributed by atoms with Crippen molar-refractivity contribution in [3.63, 3.8) is 0 Å². The number of ether oxygens (including phenoxy) is 1. The first kappa shape index (κ1) is 21.2. The predicted molar refractivity (Wildman–Crippen MR) is 97.3 cm³/mol. The van der Waals surface area contributed by atoms with Gasteiger partial charge in [-0.2, -0.15) is 13.2 Å². The standard InChI is InChI=1S/C19H20F3N3O3/c1-12-6-4-8-15(13(12)2)24-16(26)10-25(3)18(27)14-7-5-9-23-17(14)28-11-19(20,21)22/h4-9H,10-11H2,1-3H3,(H,24,26). The van der Waals surface area contributed by atoms with Crippen molar-refractivity contribution in [3.05, 3.63) is 53.2 Å². The van der Waals surface area contributed by atoms with Gasteiger partial charge in [-0.1, -0.05) is 12.1 Å². The quantitative estimate of drug-likeness (QED) is 0.814. The zero-order chi connectivity index (χ0) is 20.9. The van der Waals surface area contributed by atoms with Crippen molar-refractivity contribution in [1.82, 2.24) is 9.88 Å². The van der Waals surface area contributed by atoms with Crippen LogP contribution in [0.15, 0.2) is 36.5 Å². The van der Waals surface area contributed by atoms with Gasteiger partial charge in [0.25, 0.3) is 5.91 Å². The number of hydrogen-bond donors (Lipinski definition) is 1. The van der Waals surface area contributed by atoms with Crippen LogP contribution in [0.25, 0.3) is 0 Å². The first-order chi connectivity index (χ1) is 13.1. The molecule has 0 saturated carbocycles. The van der Waals surface area contributed by atoms with Crippen molar-refractivity contribution >= 4 is 17.5 Å². The molecule has 0 unspecified atom stereocenters. The number of likely N-dealkylation sites (N-methyl/N-ethyl adjacent to an activating group) is 1. The summed E-state index contributed by atoms with van der Waals surface area (Å²) in [6, 6.07) is 8.14. The summed E-state index contributed by atoms with van der Waals surface area (Å²) in [4.78, 5) is 29.6.